The first-order valence-corrected chi connectivity index (χ1v) is 10.7. The van der Waals surface area contributed by atoms with Gasteiger partial charge in [-0.05, 0) is 62.8 Å². The zero-order valence-corrected chi connectivity index (χ0v) is 15.7. The maximum Gasteiger partial charge on any atom is 0.211 e. The Morgan fingerprint density at radius 3 is 2.50 bits per heavy atom. The largest absolute Gasteiger partial charge is 0.366 e. The first-order valence-electron chi connectivity index (χ1n) is 9.00. The molecule has 0 amide bonds. The van der Waals surface area contributed by atoms with Crippen LogP contribution in [-0.2, 0) is 10.0 Å². The lowest BCUT2D eigenvalue weighted by Crippen LogP contribution is -2.34. The molecule has 1 aliphatic carbocycles. The minimum Gasteiger partial charge on any atom is -0.366 e. The predicted molar refractivity (Wildman–Crippen MR) is 100 cm³/mol. The normalized spacial score (nSPS) is 20.8. The molecule has 142 valence electrons. The SMILES string of the molecule is CCS(=O)(=O)NCC1CCC(Nc2ccn(-c3ccc(F)cc3)n2)CC1. The van der Waals surface area contributed by atoms with E-state index in [0.29, 0.717) is 18.5 Å². The molecule has 1 saturated carbocycles. The lowest BCUT2D eigenvalue weighted by Gasteiger charge is -2.29. The molecule has 3 rings (SSSR count). The number of hydrogen-bond donors (Lipinski definition) is 2. The van der Waals surface area contributed by atoms with Crippen molar-refractivity contribution in [2.24, 2.45) is 5.92 Å². The van der Waals surface area contributed by atoms with E-state index >= 15 is 0 Å². The van der Waals surface area contributed by atoms with Crippen molar-refractivity contribution in [1.29, 1.82) is 0 Å². The van der Waals surface area contributed by atoms with E-state index < -0.39 is 10.0 Å². The van der Waals surface area contributed by atoms with Crippen LogP contribution in [0.15, 0.2) is 36.5 Å². The second-order valence-corrected chi connectivity index (χ2v) is 8.83. The summed E-state index contributed by atoms with van der Waals surface area (Å²) in [5.41, 5.74) is 0.811. The lowest BCUT2D eigenvalue weighted by atomic mass is 9.86. The molecule has 1 aromatic carbocycles. The van der Waals surface area contributed by atoms with E-state index in [4.69, 9.17) is 0 Å². The van der Waals surface area contributed by atoms with Gasteiger partial charge >= 0.3 is 0 Å². The highest BCUT2D eigenvalue weighted by Gasteiger charge is 2.22. The summed E-state index contributed by atoms with van der Waals surface area (Å²) in [5, 5.41) is 7.94. The highest BCUT2D eigenvalue weighted by Crippen LogP contribution is 2.26. The zero-order valence-electron chi connectivity index (χ0n) is 14.9. The average Bonchev–Trinajstić information content (AvgIpc) is 3.10. The van der Waals surface area contributed by atoms with Crippen LogP contribution in [0.5, 0.6) is 0 Å². The Hall–Kier alpha value is -1.93. The lowest BCUT2D eigenvalue weighted by molar-refractivity contribution is 0.337. The molecule has 2 aromatic rings. The van der Waals surface area contributed by atoms with Crippen molar-refractivity contribution in [3.63, 3.8) is 0 Å². The average molecular weight is 380 g/mol. The van der Waals surface area contributed by atoms with Gasteiger partial charge in [-0.2, -0.15) is 5.10 Å². The van der Waals surface area contributed by atoms with Crippen molar-refractivity contribution in [2.45, 2.75) is 38.6 Å². The molecule has 8 heteroatoms. The van der Waals surface area contributed by atoms with Crippen LogP contribution in [0.3, 0.4) is 0 Å². The van der Waals surface area contributed by atoms with Crippen molar-refractivity contribution < 1.29 is 12.8 Å². The van der Waals surface area contributed by atoms with Crippen molar-refractivity contribution >= 4 is 15.8 Å². The molecule has 26 heavy (non-hydrogen) atoms. The first-order chi connectivity index (χ1) is 12.4. The van der Waals surface area contributed by atoms with Crippen LogP contribution in [0.4, 0.5) is 10.2 Å². The quantitative estimate of drug-likeness (QED) is 0.774. The van der Waals surface area contributed by atoms with Crippen LogP contribution in [-0.4, -0.2) is 36.5 Å². The van der Waals surface area contributed by atoms with Gasteiger partial charge in [0.05, 0.1) is 11.4 Å². The van der Waals surface area contributed by atoms with Crippen LogP contribution in [0.1, 0.15) is 32.6 Å². The van der Waals surface area contributed by atoms with Crippen LogP contribution in [0.2, 0.25) is 0 Å². The summed E-state index contributed by atoms with van der Waals surface area (Å²) in [7, 11) is -3.11. The molecule has 1 fully saturated rings. The molecule has 0 spiro atoms. The number of halogens is 1. The molecule has 1 aromatic heterocycles. The topological polar surface area (TPSA) is 76.0 Å². The Kier molecular flexibility index (Phi) is 5.93. The Balaban J connectivity index is 1.48. The number of aromatic nitrogens is 2. The first kappa shape index (κ1) is 18.8. The van der Waals surface area contributed by atoms with Crippen LogP contribution >= 0.6 is 0 Å². The number of rotatable bonds is 7. The fourth-order valence-electron chi connectivity index (χ4n) is 3.21. The van der Waals surface area contributed by atoms with Gasteiger partial charge in [0.2, 0.25) is 10.0 Å². The Bertz CT molecular complexity index is 812. The molecule has 1 heterocycles. The van der Waals surface area contributed by atoms with Gasteiger partial charge in [0.25, 0.3) is 0 Å². The summed E-state index contributed by atoms with van der Waals surface area (Å²) >= 11 is 0. The molecule has 0 bridgehead atoms. The molecule has 6 nitrogen and oxygen atoms in total. The van der Waals surface area contributed by atoms with E-state index in [1.807, 2.05) is 12.3 Å². The maximum absolute atomic E-state index is 13.0. The minimum atomic E-state index is -3.11. The molecule has 1 aliphatic rings. The van der Waals surface area contributed by atoms with Gasteiger partial charge < -0.3 is 5.32 Å². The summed E-state index contributed by atoms with van der Waals surface area (Å²) in [5.74, 6) is 1.05. The summed E-state index contributed by atoms with van der Waals surface area (Å²) in [6, 6.07) is 8.45. The Morgan fingerprint density at radius 1 is 1.15 bits per heavy atom. The number of nitrogens with one attached hydrogen (secondary N) is 2. The highest BCUT2D eigenvalue weighted by atomic mass is 32.2. The summed E-state index contributed by atoms with van der Waals surface area (Å²) in [4.78, 5) is 0. The van der Waals surface area contributed by atoms with Crippen molar-refractivity contribution in [1.82, 2.24) is 14.5 Å². The number of hydrogen-bond acceptors (Lipinski definition) is 4. The summed E-state index contributed by atoms with van der Waals surface area (Å²) < 4.78 is 40.5. The smallest absolute Gasteiger partial charge is 0.211 e. The van der Waals surface area contributed by atoms with E-state index in [1.165, 1.54) is 12.1 Å². The molecule has 0 atom stereocenters. The highest BCUT2D eigenvalue weighted by molar-refractivity contribution is 7.89. The van der Waals surface area contributed by atoms with Crippen molar-refractivity contribution in [3.8, 4) is 5.69 Å². The molecular weight excluding hydrogens is 355 g/mol. The van der Waals surface area contributed by atoms with Gasteiger partial charge in [-0.3, -0.25) is 0 Å². The molecule has 2 N–H and O–H groups in total. The molecule has 0 saturated heterocycles. The van der Waals surface area contributed by atoms with E-state index in [9.17, 15) is 12.8 Å². The third-order valence-corrected chi connectivity index (χ3v) is 6.22. The van der Waals surface area contributed by atoms with Crippen molar-refractivity contribution in [3.05, 3.63) is 42.3 Å². The molecule has 0 aliphatic heterocycles. The van der Waals surface area contributed by atoms with Gasteiger partial charge in [-0.1, -0.05) is 0 Å². The monoisotopic (exact) mass is 380 g/mol. The second kappa shape index (κ2) is 8.18. The van der Waals surface area contributed by atoms with Crippen molar-refractivity contribution in [2.75, 3.05) is 17.6 Å². The fraction of sp³-hybridized carbons (Fsp3) is 0.500. The Labute approximate surface area is 153 Å². The van der Waals surface area contributed by atoms with E-state index in [1.54, 1.807) is 23.7 Å². The van der Waals surface area contributed by atoms with E-state index in [-0.39, 0.29) is 11.6 Å². The van der Waals surface area contributed by atoms with Gasteiger partial charge in [0.1, 0.15) is 11.6 Å². The minimum absolute atomic E-state index is 0.126. The van der Waals surface area contributed by atoms with Crippen LogP contribution in [0.25, 0.3) is 5.69 Å². The zero-order chi connectivity index (χ0) is 18.6. The number of sulfonamides is 1. The molecule has 0 unspecified atom stereocenters. The molecule has 0 radical (unpaired) electrons. The van der Waals surface area contributed by atoms with Gasteiger partial charge in [-0.15, -0.1) is 0 Å². The van der Waals surface area contributed by atoms with Crippen LogP contribution < -0.4 is 10.0 Å². The standard InChI is InChI=1S/C18H25FN4O2S/c1-2-26(24,25)20-13-14-3-7-16(8-4-14)21-18-11-12-23(22-18)17-9-5-15(19)6-10-17/h5-6,9-12,14,16,20H,2-4,7-8,13H2,1H3,(H,21,22). The van der Waals surface area contributed by atoms with E-state index in [2.05, 4.69) is 15.1 Å². The predicted octanol–water partition coefficient (Wildman–Crippen LogP) is 2.92. The maximum atomic E-state index is 13.0. The Morgan fingerprint density at radius 2 is 1.85 bits per heavy atom. The van der Waals surface area contributed by atoms with E-state index in [0.717, 1.165) is 37.2 Å². The van der Waals surface area contributed by atoms with Gasteiger partial charge in [0, 0.05) is 24.8 Å². The number of anilines is 1. The number of nitrogens with zero attached hydrogens (tertiary/aromatic N) is 2. The fourth-order valence-corrected chi connectivity index (χ4v) is 3.90. The van der Waals surface area contributed by atoms with Crippen LogP contribution in [0, 0.1) is 11.7 Å². The second-order valence-electron chi connectivity index (χ2n) is 6.74. The van der Waals surface area contributed by atoms with Gasteiger partial charge in [0.15, 0.2) is 0 Å². The van der Waals surface area contributed by atoms with Gasteiger partial charge in [-0.25, -0.2) is 22.2 Å². The summed E-state index contributed by atoms with van der Waals surface area (Å²) in [6.07, 6.45) is 5.80. The third kappa shape index (κ3) is 5.04. The third-order valence-electron chi connectivity index (χ3n) is 4.85. The number of benzene rings is 1. The molecular formula is C18H25FN4O2S. The summed E-state index contributed by atoms with van der Waals surface area (Å²) in [6.45, 7) is 2.18.